The van der Waals surface area contributed by atoms with Crippen LogP contribution in [-0.2, 0) is 9.53 Å². The minimum absolute atomic E-state index is 0.0789. The Labute approximate surface area is 97.9 Å². The number of aliphatic hydroxyl groups excluding tert-OH is 1. The second kappa shape index (κ2) is 6.07. The molecule has 5 heteroatoms. The molecule has 0 bridgehead atoms. The molecule has 1 rings (SSSR count). The molecule has 1 aromatic rings. The number of ether oxygens (including phenoxy) is 1. The lowest BCUT2D eigenvalue weighted by Gasteiger charge is -2.02. The zero-order chi connectivity index (χ0) is 12.0. The van der Waals surface area contributed by atoms with Crippen LogP contribution in [0, 0.1) is 0 Å². The summed E-state index contributed by atoms with van der Waals surface area (Å²) in [5.41, 5.74) is 0.0789. The number of aliphatic hydroxyl groups is 1. The summed E-state index contributed by atoms with van der Waals surface area (Å²) in [4.78, 5) is 15.5. The summed E-state index contributed by atoms with van der Waals surface area (Å²) in [7, 11) is 0. The van der Waals surface area contributed by atoms with Crippen LogP contribution in [0.2, 0.25) is 0 Å². The normalized spacial score (nSPS) is 12.6. The van der Waals surface area contributed by atoms with Crippen LogP contribution in [0.5, 0.6) is 0 Å². The van der Waals surface area contributed by atoms with Gasteiger partial charge in [0.15, 0.2) is 0 Å². The van der Waals surface area contributed by atoms with E-state index in [9.17, 15) is 9.90 Å². The fourth-order valence-corrected chi connectivity index (χ4v) is 1.54. The van der Waals surface area contributed by atoms with Crippen LogP contribution in [0.25, 0.3) is 0 Å². The van der Waals surface area contributed by atoms with Gasteiger partial charge in [0, 0.05) is 6.21 Å². The maximum absolute atomic E-state index is 11.4. The molecule has 0 unspecified atom stereocenters. The van der Waals surface area contributed by atoms with Gasteiger partial charge in [-0.2, -0.15) is 0 Å². The number of carbonyl (C=O) groups excluding carboxylic acids is 1. The van der Waals surface area contributed by atoms with Gasteiger partial charge in [0.2, 0.25) is 0 Å². The molecular formula is C11H13NO3S. The molecular weight excluding hydrogens is 226 g/mol. The number of hydrogen-bond acceptors (Lipinski definition) is 5. The van der Waals surface area contributed by atoms with Crippen molar-refractivity contribution in [3.8, 4) is 0 Å². The predicted molar refractivity (Wildman–Crippen MR) is 64.4 cm³/mol. The second-order valence-corrected chi connectivity index (χ2v) is 3.86. The Kier molecular flexibility index (Phi) is 4.72. The van der Waals surface area contributed by atoms with Crippen LogP contribution in [0.15, 0.2) is 33.8 Å². The summed E-state index contributed by atoms with van der Waals surface area (Å²) in [6, 6.07) is 3.67. The fraction of sp³-hybridized carbons (Fsp3) is 0.273. The van der Waals surface area contributed by atoms with E-state index in [4.69, 9.17) is 4.74 Å². The number of hydrogen-bond donors (Lipinski definition) is 1. The molecule has 0 aliphatic heterocycles. The maximum Gasteiger partial charge on any atom is 0.343 e. The van der Waals surface area contributed by atoms with Gasteiger partial charge < -0.3 is 9.84 Å². The van der Waals surface area contributed by atoms with Crippen molar-refractivity contribution >= 4 is 28.5 Å². The van der Waals surface area contributed by atoms with E-state index in [1.165, 1.54) is 24.5 Å². The lowest BCUT2D eigenvalue weighted by Crippen LogP contribution is -2.10. The van der Waals surface area contributed by atoms with Crippen LogP contribution in [0.1, 0.15) is 13.8 Å². The van der Waals surface area contributed by atoms with Gasteiger partial charge >= 0.3 is 5.97 Å². The molecule has 0 saturated heterocycles. The van der Waals surface area contributed by atoms with E-state index in [0.717, 1.165) is 5.00 Å². The quantitative estimate of drug-likeness (QED) is 0.380. The van der Waals surface area contributed by atoms with Crippen molar-refractivity contribution in [3.05, 3.63) is 28.8 Å². The summed E-state index contributed by atoms with van der Waals surface area (Å²) in [5, 5.41) is 12.0. The molecule has 4 nitrogen and oxygen atoms in total. The average Bonchev–Trinajstić information content (AvgIpc) is 2.70. The number of allylic oxidation sites excluding steroid dienone is 1. The highest BCUT2D eigenvalue weighted by atomic mass is 32.1. The first kappa shape index (κ1) is 12.4. The Morgan fingerprint density at radius 2 is 2.44 bits per heavy atom. The Hall–Kier alpha value is -1.62. The van der Waals surface area contributed by atoms with Crippen molar-refractivity contribution in [2.45, 2.75) is 13.8 Å². The van der Waals surface area contributed by atoms with E-state index in [0.29, 0.717) is 0 Å². The highest BCUT2D eigenvalue weighted by Crippen LogP contribution is 2.19. The zero-order valence-corrected chi connectivity index (χ0v) is 9.95. The number of esters is 1. The number of rotatable bonds is 4. The predicted octanol–water partition coefficient (Wildman–Crippen LogP) is 2.85. The fourth-order valence-electron chi connectivity index (χ4n) is 0.974. The molecule has 0 spiro atoms. The first-order valence-corrected chi connectivity index (χ1v) is 5.67. The van der Waals surface area contributed by atoms with E-state index >= 15 is 0 Å². The molecule has 86 valence electrons. The standard InChI is InChI=1S/C11H13NO3S/c1-3-15-11(14)9(8(2)13)7-12-10-5-4-6-16-10/h4-7,13H,3H2,1-2H3/b9-8+,12-7-. The Bertz CT molecular complexity index is 403. The van der Waals surface area contributed by atoms with E-state index < -0.39 is 5.97 Å². The SMILES string of the molecule is CCOC(=O)C(/C=N\c1cccs1)=C(\C)O. The molecule has 0 amide bonds. The van der Waals surface area contributed by atoms with E-state index in [1.54, 1.807) is 6.92 Å². The van der Waals surface area contributed by atoms with Crippen molar-refractivity contribution < 1.29 is 14.6 Å². The largest absolute Gasteiger partial charge is 0.512 e. The first-order chi connectivity index (χ1) is 7.65. The summed E-state index contributed by atoms with van der Waals surface area (Å²) in [5.74, 6) is -0.665. The molecule has 1 heterocycles. The number of carbonyl (C=O) groups is 1. The Morgan fingerprint density at radius 3 is 2.94 bits per heavy atom. The van der Waals surface area contributed by atoms with Gasteiger partial charge in [0.25, 0.3) is 0 Å². The zero-order valence-electron chi connectivity index (χ0n) is 9.14. The summed E-state index contributed by atoms with van der Waals surface area (Å²) in [6.07, 6.45) is 1.32. The van der Waals surface area contributed by atoms with Gasteiger partial charge in [-0.1, -0.05) is 0 Å². The highest BCUT2D eigenvalue weighted by Gasteiger charge is 2.11. The van der Waals surface area contributed by atoms with E-state index in [-0.39, 0.29) is 17.9 Å². The van der Waals surface area contributed by atoms with Crippen molar-refractivity contribution in [1.82, 2.24) is 0 Å². The molecule has 0 fully saturated rings. The molecule has 0 aromatic carbocycles. The van der Waals surface area contributed by atoms with Crippen molar-refractivity contribution in [3.63, 3.8) is 0 Å². The van der Waals surface area contributed by atoms with Gasteiger partial charge in [-0.3, -0.25) is 0 Å². The van der Waals surface area contributed by atoms with Crippen molar-refractivity contribution in [1.29, 1.82) is 0 Å². The topological polar surface area (TPSA) is 58.9 Å². The second-order valence-electron chi connectivity index (χ2n) is 2.93. The third-order valence-corrected chi connectivity index (χ3v) is 2.49. The minimum Gasteiger partial charge on any atom is -0.512 e. The molecule has 16 heavy (non-hydrogen) atoms. The number of aliphatic imine (C=N–C) groups is 1. The molecule has 0 atom stereocenters. The van der Waals surface area contributed by atoms with Crippen LogP contribution in [-0.4, -0.2) is 23.9 Å². The van der Waals surface area contributed by atoms with E-state index in [1.807, 2.05) is 17.5 Å². The lowest BCUT2D eigenvalue weighted by molar-refractivity contribution is -0.138. The third-order valence-electron chi connectivity index (χ3n) is 1.71. The summed E-state index contributed by atoms with van der Waals surface area (Å²) >= 11 is 1.45. The average molecular weight is 239 g/mol. The summed E-state index contributed by atoms with van der Waals surface area (Å²) < 4.78 is 4.79. The molecule has 0 aliphatic rings. The van der Waals surface area contributed by atoms with Crippen molar-refractivity contribution in [2.24, 2.45) is 4.99 Å². The van der Waals surface area contributed by atoms with Crippen LogP contribution in [0.4, 0.5) is 5.00 Å². The third kappa shape index (κ3) is 3.51. The Balaban J connectivity index is 2.82. The Morgan fingerprint density at radius 1 is 1.69 bits per heavy atom. The van der Waals surface area contributed by atoms with Gasteiger partial charge in [0.1, 0.15) is 16.3 Å². The van der Waals surface area contributed by atoms with Crippen molar-refractivity contribution in [2.75, 3.05) is 6.61 Å². The van der Waals surface area contributed by atoms with Gasteiger partial charge in [0.05, 0.1) is 6.61 Å². The maximum atomic E-state index is 11.4. The summed E-state index contributed by atoms with van der Waals surface area (Å²) in [6.45, 7) is 3.40. The number of thiophene rings is 1. The molecule has 0 aliphatic carbocycles. The molecule has 1 N–H and O–H groups in total. The smallest absolute Gasteiger partial charge is 0.343 e. The van der Waals surface area contributed by atoms with Gasteiger partial charge in [-0.25, -0.2) is 9.79 Å². The van der Waals surface area contributed by atoms with Crippen LogP contribution < -0.4 is 0 Å². The van der Waals surface area contributed by atoms with Gasteiger partial charge in [-0.15, -0.1) is 11.3 Å². The lowest BCUT2D eigenvalue weighted by atomic mass is 10.2. The monoisotopic (exact) mass is 239 g/mol. The highest BCUT2D eigenvalue weighted by molar-refractivity contribution is 7.13. The van der Waals surface area contributed by atoms with Crippen LogP contribution >= 0.6 is 11.3 Å². The minimum atomic E-state index is -0.567. The van der Waals surface area contributed by atoms with E-state index in [2.05, 4.69) is 4.99 Å². The molecule has 0 saturated carbocycles. The van der Waals surface area contributed by atoms with Crippen LogP contribution in [0.3, 0.4) is 0 Å². The first-order valence-electron chi connectivity index (χ1n) is 4.79. The van der Waals surface area contributed by atoms with Gasteiger partial charge in [-0.05, 0) is 31.4 Å². The molecule has 1 aromatic heterocycles. The number of nitrogens with zero attached hydrogens (tertiary/aromatic N) is 1. The molecule has 0 radical (unpaired) electrons.